The van der Waals surface area contributed by atoms with Gasteiger partial charge in [0.1, 0.15) is 0 Å². The quantitative estimate of drug-likeness (QED) is 0.811. The van der Waals surface area contributed by atoms with Gasteiger partial charge < -0.3 is 15.5 Å². The Morgan fingerprint density at radius 2 is 2.00 bits per heavy atom. The summed E-state index contributed by atoms with van der Waals surface area (Å²) in [6, 6.07) is 3.65. The second-order valence-electron chi connectivity index (χ2n) is 4.60. The molecule has 106 valence electrons. The van der Waals surface area contributed by atoms with Gasteiger partial charge in [0.2, 0.25) is 0 Å². The van der Waals surface area contributed by atoms with E-state index in [-0.39, 0.29) is 6.04 Å². The number of nitrogens with zero attached hydrogens (tertiary/aromatic N) is 1. The zero-order chi connectivity index (χ0) is 14.4. The molecule has 0 saturated heterocycles. The van der Waals surface area contributed by atoms with Crippen molar-refractivity contribution < 1.29 is 8.78 Å². The fourth-order valence-corrected chi connectivity index (χ4v) is 1.78. The van der Waals surface area contributed by atoms with Gasteiger partial charge in [-0.15, -0.1) is 0 Å². The number of hydrogen-bond acceptors (Lipinski definition) is 2. The Bertz CT molecular complexity index is 438. The Morgan fingerprint density at radius 1 is 1.32 bits per heavy atom. The molecule has 1 rings (SSSR count). The summed E-state index contributed by atoms with van der Waals surface area (Å²) in [5, 5.41) is 6.58. The molecule has 0 amide bonds. The largest absolute Gasteiger partial charge is 0.361 e. The van der Waals surface area contributed by atoms with Crippen LogP contribution in [-0.4, -0.2) is 37.2 Å². The Hall–Kier alpha value is -1.27. The van der Waals surface area contributed by atoms with E-state index in [9.17, 15) is 8.78 Å². The monoisotopic (exact) mass is 287 g/mol. The molecule has 0 aliphatic carbocycles. The van der Waals surface area contributed by atoms with Gasteiger partial charge in [0, 0.05) is 13.1 Å². The molecule has 0 saturated carbocycles. The van der Waals surface area contributed by atoms with Crippen LogP contribution < -0.4 is 10.6 Å². The van der Waals surface area contributed by atoms with Crippen LogP contribution in [0.5, 0.6) is 0 Å². The van der Waals surface area contributed by atoms with Crippen LogP contribution in [0.15, 0.2) is 18.2 Å². The van der Waals surface area contributed by atoms with Gasteiger partial charge in [-0.2, -0.15) is 0 Å². The second kappa shape index (κ2) is 7.35. The van der Waals surface area contributed by atoms with Crippen LogP contribution in [0.2, 0.25) is 0 Å². The molecule has 0 bridgehead atoms. The number of benzene rings is 1. The van der Waals surface area contributed by atoms with E-state index in [1.807, 2.05) is 25.9 Å². The molecule has 0 aromatic heterocycles. The first-order chi connectivity index (χ1) is 8.90. The highest BCUT2D eigenvalue weighted by atomic mass is 32.1. The van der Waals surface area contributed by atoms with Crippen molar-refractivity contribution >= 4 is 17.3 Å². The molecular formula is C13H19F2N3S. The zero-order valence-electron chi connectivity index (χ0n) is 11.3. The smallest absolute Gasteiger partial charge is 0.166 e. The van der Waals surface area contributed by atoms with Gasteiger partial charge in [0.05, 0.1) is 6.04 Å². The van der Waals surface area contributed by atoms with E-state index in [0.29, 0.717) is 10.7 Å². The van der Waals surface area contributed by atoms with Crippen LogP contribution in [0.3, 0.4) is 0 Å². The Kier molecular flexibility index (Phi) is 6.11. The van der Waals surface area contributed by atoms with Crippen molar-refractivity contribution in [3.63, 3.8) is 0 Å². The first kappa shape index (κ1) is 15.8. The van der Waals surface area contributed by atoms with Gasteiger partial charge in [-0.3, -0.25) is 0 Å². The van der Waals surface area contributed by atoms with Gasteiger partial charge in [0.25, 0.3) is 0 Å². The van der Waals surface area contributed by atoms with Crippen molar-refractivity contribution in [1.29, 1.82) is 0 Å². The third-order valence-corrected chi connectivity index (χ3v) is 2.90. The lowest BCUT2D eigenvalue weighted by Gasteiger charge is -2.18. The summed E-state index contributed by atoms with van der Waals surface area (Å²) in [7, 11) is 3.95. The van der Waals surface area contributed by atoms with Crippen LogP contribution in [0, 0.1) is 11.6 Å². The number of halogens is 2. The number of rotatable bonds is 5. The molecule has 0 aliphatic rings. The maximum Gasteiger partial charge on any atom is 0.166 e. The van der Waals surface area contributed by atoms with E-state index in [2.05, 4.69) is 10.6 Å². The van der Waals surface area contributed by atoms with Crippen molar-refractivity contribution in [2.24, 2.45) is 0 Å². The van der Waals surface area contributed by atoms with Gasteiger partial charge in [-0.25, -0.2) is 8.78 Å². The van der Waals surface area contributed by atoms with Crippen molar-refractivity contribution in [2.75, 3.05) is 27.2 Å². The Morgan fingerprint density at radius 3 is 2.58 bits per heavy atom. The molecule has 0 heterocycles. The fourth-order valence-electron chi connectivity index (χ4n) is 1.51. The molecule has 19 heavy (non-hydrogen) atoms. The van der Waals surface area contributed by atoms with E-state index >= 15 is 0 Å². The second-order valence-corrected chi connectivity index (χ2v) is 5.01. The molecule has 6 heteroatoms. The summed E-state index contributed by atoms with van der Waals surface area (Å²) < 4.78 is 25.9. The molecule has 0 unspecified atom stereocenters. The van der Waals surface area contributed by atoms with Crippen molar-refractivity contribution in [1.82, 2.24) is 15.5 Å². The van der Waals surface area contributed by atoms with Crippen LogP contribution in [0.1, 0.15) is 18.5 Å². The van der Waals surface area contributed by atoms with Crippen molar-refractivity contribution in [3.05, 3.63) is 35.4 Å². The molecule has 1 aromatic carbocycles. The first-order valence-electron chi connectivity index (χ1n) is 6.04. The molecule has 0 fully saturated rings. The van der Waals surface area contributed by atoms with E-state index in [1.165, 1.54) is 6.07 Å². The van der Waals surface area contributed by atoms with Crippen molar-refractivity contribution in [2.45, 2.75) is 13.0 Å². The summed E-state index contributed by atoms with van der Waals surface area (Å²) in [5.74, 6) is -1.69. The van der Waals surface area contributed by atoms with Crippen LogP contribution >= 0.6 is 12.2 Å². The lowest BCUT2D eigenvalue weighted by molar-refractivity contribution is 0.412. The minimum absolute atomic E-state index is 0.186. The molecule has 1 atom stereocenters. The maximum absolute atomic E-state index is 13.1. The van der Waals surface area contributed by atoms with Gasteiger partial charge in [0.15, 0.2) is 16.7 Å². The predicted molar refractivity (Wildman–Crippen MR) is 77.1 cm³/mol. The highest BCUT2D eigenvalue weighted by Gasteiger charge is 2.10. The maximum atomic E-state index is 13.1. The summed E-state index contributed by atoms with van der Waals surface area (Å²) in [6.07, 6.45) is 0. The van der Waals surface area contributed by atoms with Crippen molar-refractivity contribution in [3.8, 4) is 0 Å². The van der Waals surface area contributed by atoms with Gasteiger partial charge in [-0.05, 0) is 50.9 Å². The molecule has 0 aliphatic heterocycles. The normalized spacial score (nSPS) is 12.3. The SMILES string of the molecule is C[C@H](NC(=S)NCCN(C)C)c1ccc(F)c(F)c1. The summed E-state index contributed by atoms with van der Waals surface area (Å²) >= 11 is 5.13. The first-order valence-corrected chi connectivity index (χ1v) is 6.45. The van der Waals surface area contributed by atoms with Crippen LogP contribution in [-0.2, 0) is 0 Å². The third kappa shape index (κ3) is 5.48. The topological polar surface area (TPSA) is 27.3 Å². The van der Waals surface area contributed by atoms with Gasteiger partial charge >= 0.3 is 0 Å². The average molecular weight is 287 g/mol. The predicted octanol–water partition coefficient (Wildman–Crippen LogP) is 2.05. The summed E-state index contributed by atoms with van der Waals surface area (Å²) in [5.41, 5.74) is 0.649. The Labute approximate surface area is 118 Å². The lowest BCUT2D eigenvalue weighted by atomic mass is 10.1. The highest BCUT2D eigenvalue weighted by Crippen LogP contribution is 2.15. The van der Waals surface area contributed by atoms with Gasteiger partial charge in [-0.1, -0.05) is 6.07 Å². The number of likely N-dealkylation sites (N-methyl/N-ethyl adjacent to an activating group) is 1. The van der Waals surface area contributed by atoms with Crippen LogP contribution in [0.25, 0.3) is 0 Å². The molecular weight excluding hydrogens is 268 g/mol. The van der Waals surface area contributed by atoms with Crippen LogP contribution in [0.4, 0.5) is 8.78 Å². The average Bonchev–Trinajstić information content (AvgIpc) is 2.32. The third-order valence-electron chi connectivity index (χ3n) is 2.64. The lowest BCUT2D eigenvalue weighted by Crippen LogP contribution is -2.39. The fraction of sp³-hybridized carbons (Fsp3) is 0.462. The minimum Gasteiger partial charge on any atom is -0.361 e. The molecule has 0 spiro atoms. The standard InChI is InChI=1S/C13H19F2N3S/c1-9(10-4-5-11(14)12(15)8-10)17-13(19)16-6-7-18(2)3/h4-5,8-9H,6-7H2,1-3H3,(H2,16,17,19)/t9-/m0/s1. The van der Waals surface area contributed by atoms with E-state index in [0.717, 1.165) is 19.2 Å². The molecule has 1 aromatic rings. The number of nitrogens with one attached hydrogen (secondary N) is 2. The molecule has 0 radical (unpaired) electrons. The molecule has 2 N–H and O–H groups in total. The molecule has 3 nitrogen and oxygen atoms in total. The van der Waals surface area contributed by atoms with E-state index in [4.69, 9.17) is 12.2 Å². The number of thiocarbonyl (C=S) groups is 1. The van der Waals surface area contributed by atoms with E-state index < -0.39 is 11.6 Å². The summed E-state index contributed by atoms with van der Waals surface area (Å²) in [6.45, 7) is 3.43. The summed E-state index contributed by atoms with van der Waals surface area (Å²) in [4.78, 5) is 2.04. The highest BCUT2D eigenvalue weighted by molar-refractivity contribution is 7.80. The van der Waals surface area contributed by atoms with E-state index in [1.54, 1.807) is 6.07 Å². The minimum atomic E-state index is -0.849. The zero-order valence-corrected chi connectivity index (χ0v) is 12.2. The Balaban J connectivity index is 2.47. The number of hydrogen-bond donors (Lipinski definition) is 2.